The fraction of sp³-hybridized carbons (Fsp3) is 0.294. The van der Waals surface area contributed by atoms with Gasteiger partial charge >= 0.3 is 0 Å². The number of carbonyl (C=O) groups is 1. The monoisotopic (exact) mass is 334 g/mol. The lowest BCUT2D eigenvalue weighted by Gasteiger charge is -2.13. The molecule has 0 saturated heterocycles. The number of carbonyl (C=O) groups excluding carboxylic acids is 1. The Labute approximate surface area is 139 Å². The second-order valence-electron chi connectivity index (χ2n) is 5.25. The van der Waals surface area contributed by atoms with Crippen LogP contribution in [0.1, 0.15) is 32.7 Å². The Balaban J connectivity index is 2.30. The van der Waals surface area contributed by atoms with E-state index < -0.39 is 11.7 Å². The average Bonchev–Trinajstić information content (AvgIpc) is 2.50. The van der Waals surface area contributed by atoms with Crippen LogP contribution in [0.15, 0.2) is 23.2 Å². The van der Waals surface area contributed by atoms with Crippen molar-refractivity contribution in [3.05, 3.63) is 52.0 Å². The maximum Gasteiger partial charge on any atom is 0.251 e. The van der Waals surface area contributed by atoms with Crippen LogP contribution in [0, 0.1) is 26.6 Å². The number of hydrogen-bond acceptors (Lipinski definition) is 4. The summed E-state index contributed by atoms with van der Waals surface area (Å²) in [6.07, 6.45) is 0. The third kappa shape index (κ3) is 3.64. The van der Waals surface area contributed by atoms with Gasteiger partial charge in [-0.3, -0.25) is 4.79 Å². The topological polar surface area (TPSA) is 65.2 Å². The maximum absolute atomic E-state index is 13.7. The first kappa shape index (κ1) is 17.3. The number of pyridine rings is 1. The second kappa shape index (κ2) is 7.00. The van der Waals surface area contributed by atoms with Crippen LogP contribution in [-0.4, -0.2) is 18.0 Å². The highest BCUT2D eigenvalue weighted by Crippen LogP contribution is 2.30. The summed E-state index contributed by atoms with van der Waals surface area (Å²) in [7, 11) is 1.42. The highest BCUT2D eigenvalue weighted by molar-refractivity contribution is 7.98. The van der Waals surface area contributed by atoms with Gasteiger partial charge in [-0.15, -0.1) is 11.8 Å². The van der Waals surface area contributed by atoms with Crippen molar-refractivity contribution in [3.63, 3.8) is 0 Å². The molecule has 0 aliphatic rings. The van der Waals surface area contributed by atoms with Gasteiger partial charge in [-0.25, -0.2) is 9.37 Å². The molecule has 0 saturated carbocycles. The molecule has 1 aromatic heterocycles. The molecule has 2 aromatic rings. The Bertz CT molecular complexity index is 763. The molecule has 1 amide bonds. The molecule has 1 heterocycles. The van der Waals surface area contributed by atoms with Gasteiger partial charge < -0.3 is 10.5 Å². The van der Waals surface area contributed by atoms with E-state index in [1.807, 2.05) is 20.8 Å². The molecule has 122 valence electrons. The number of benzene rings is 1. The van der Waals surface area contributed by atoms with Gasteiger partial charge in [0, 0.05) is 11.4 Å². The maximum atomic E-state index is 13.7. The Morgan fingerprint density at radius 2 is 2.00 bits per heavy atom. The lowest BCUT2D eigenvalue weighted by Crippen LogP contribution is -2.16. The molecule has 1 aromatic carbocycles. The number of ether oxygens (including phenoxy) is 1. The lowest BCUT2D eigenvalue weighted by molar-refractivity contribution is 0.0996. The van der Waals surface area contributed by atoms with Crippen molar-refractivity contribution in [1.29, 1.82) is 0 Å². The Kier molecular flexibility index (Phi) is 5.26. The summed E-state index contributed by atoms with van der Waals surface area (Å²) in [5.74, 6) is -0.223. The molecular formula is C17H19FN2O2S. The van der Waals surface area contributed by atoms with E-state index in [0.717, 1.165) is 22.4 Å². The van der Waals surface area contributed by atoms with Gasteiger partial charge in [0.2, 0.25) is 0 Å². The summed E-state index contributed by atoms with van der Waals surface area (Å²) in [5, 5.41) is 0.578. The first-order valence-electron chi connectivity index (χ1n) is 7.08. The van der Waals surface area contributed by atoms with Gasteiger partial charge in [0.05, 0.1) is 12.7 Å². The van der Waals surface area contributed by atoms with Crippen LogP contribution in [-0.2, 0) is 5.75 Å². The van der Waals surface area contributed by atoms with E-state index in [2.05, 4.69) is 4.98 Å². The van der Waals surface area contributed by atoms with Crippen molar-refractivity contribution in [2.24, 2.45) is 5.73 Å². The summed E-state index contributed by atoms with van der Waals surface area (Å²) in [4.78, 5) is 16.2. The van der Waals surface area contributed by atoms with Crippen LogP contribution >= 0.6 is 11.8 Å². The predicted molar refractivity (Wildman–Crippen MR) is 89.5 cm³/mol. The van der Waals surface area contributed by atoms with Crippen LogP contribution in [0.2, 0.25) is 0 Å². The SMILES string of the molecule is COc1ccc(CSc2nc(C)c(C)c(C)c2C(N)=O)cc1F. The van der Waals surface area contributed by atoms with Crippen LogP contribution < -0.4 is 10.5 Å². The van der Waals surface area contributed by atoms with E-state index in [4.69, 9.17) is 10.5 Å². The van der Waals surface area contributed by atoms with Gasteiger partial charge in [0.15, 0.2) is 11.6 Å². The molecule has 23 heavy (non-hydrogen) atoms. The Morgan fingerprint density at radius 3 is 2.57 bits per heavy atom. The zero-order chi connectivity index (χ0) is 17.1. The van der Waals surface area contributed by atoms with Crippen LogP contribution in [0.4, 0.5) is 4.39 Å². The van der Waals surface area contributed by atoms with Gasteiger partial charge in [0.1, 0.15) is 5.03 Å². The number of nitrogens with two attached hydrogens (primary N) is 1. The molecule has 2 rings (SSSR count). The van der Waals surface area contributed by atoms with Crippen molar-refractivity contribution < 1.29 is 13.9 Å². The first-order chi connectivity index (χ1) is 10.8. The standard InChI is InChI=1S/C17H19FN2O2S/c1-9-10(2)15(16(19)21)17(20-11(9)3)23-8-12-5-6-14(22-4)13(18)7-12/h5-7H,8H2,1-4H3,(H2,19,21). The fourth-order valence-corrected chi connectivity index (χ4v) is 3.34. The third-order valence-electron chi connectivity index (χ3n) is 3.80. The van der Waals surface area contributed by atoms with Gasteiger partial charge in [-0.1, -0.05) is 6.07 Å². The smallest absolute Gasteiger partial charge is 0.251 e. The van der Waals surface area contributed by atoms with E-state index in [0.29, 0.717) is 16.3 Å². The largest absolute Gasteiger partial charge is 0.494 e. The van der Waals surface area contributed by atoms with E-state index in [9.17, 15) is 9.18 Å². The van der Waals surface area contributed by atoms with E-state index in [1.54, 1.807) is 12.1 Å². The molecule has 0 fully saturated rings. The number of halogens is 1. The lowest BCUT2D eigenvalue weighted by atomic mass is 10.0. The molecule has 2 N–H and O–H groups in total. The third-order valence-corrected chi connectivity index (χ3v) is 4.85. The number of nitrogens with zero attached hydrogens (tertiary/aromatic N) is 1. The van der Waals surface area contributed by atoms with Crippen molar-refractivity contribution in [2.75, 3.05) is 7.11 Å². The van der Waals surface area contributed by atoms with Crippen LogP contribution in [0.3, 0.4) is 0 Å². The number of thioether (sulfide) groups is 1. The van der Waals surface area contributed by atoms with E-state index in [-0.39, 0.29) is 5.75 Å². The fourth-order valence-electron chi connectivity index (χ4n) is 2.26. The highest BCUT2D eigenvalue weighted by atomic mass is 32.2. The number of rotatable bonds is 5. The number of aromatic nitrogens is 1. The summed E-state index contributed by atoms with van der Waals surface area (Å²) in [5.41, 5.74) is 9.37. The summed E-state index contributed by atoms with van der Waals surface area (Å²) in [6, 6.07) is 4.79. The zero-order valence-electron chi connectivity index (χ0n) is 13.6. The number of amides is 1. The number of methoxy groups -OCH3 is 1. The molecule has 0 aliphatic heterocycles. The molecule has 0 spiro atoms. The van der Waals surface area contributed by atoms with E-state index in [1.165, 1.54) is 24.9 Å². The average molecular weight is 334 g/mol. The summed E-state index contributed by atoms with van der Waals surface area (Å²) in [6.45, 7) is 5.67. The van der Waals surface area contributed by atoms with Crippen LogP contribution in [0.25, 0.3) is 0 Å². The van der Waals surface area contributed by atoms with Crippen LogP contribution in [0.5, 0.6) is 5.75 Å². The van der Waals surface area contributed by atoms with Gasteiger partial charge in [-0.2, -0.15) is 0 Å². The summed E-state index contributed by atoms with van der Waals surface area (Å²) < 4.78 is 18.6. The number of aryl methyl sites for hydroxylation is 1. The van der Waals surface area contributed by atoms with E-state index >= 15 is 0 Å². The number of hydrogen-bond donors (Lipinski definition) is 1. The molecule has 0 bridgehead atoms. The highest BCUT2D eigenvalue weighted by Gasteiger charge is 2.17. The molecular weight excluding hydrogens is 315 g/mol. The minimum atomic E-state index is -0.499. The molecule has 0 aliphatic carbocycles. The normalized spacial score (nSPS) is 10.7. The first-order valence-corrected chi connectivity index (χ1v) is 8.06. The molecule has 0 radical (unpaired) electrons. The zero-order valence-corrected chi connectivity index (χ0v) is 14.4. The second-order valence-corrected chi connectivity index (χ2v) is 6.21. The molecule has 4 nitrogen and oxygen atoms in total. The van der Waals surface area contributed by atoms with Gasteiger partial charge in [0.25, 0.3) is 5.91 Å². The molecule has 0 unspecified atom stereocenters. The molecule has 0 atom stereocenters. The number of primary amides is 1. The van der Waals surface area contributed by atoms with Crippen molar-refractivity contribution in [1.82, 2.24) is 4.98 Å². The summed E-state index contributed by atoms with van der Waals surface area (Å²) >= 11 is 1.37. The van der Waals surface area contributed by atoms with Gasteiger partial charge in [-0.05, 0) is 49.6 Å². The van der Waals surface area contributed by atoms with Crippen molar-refractivity contribution in [3.8, 4) is 5.75 Å². The van der Waals surface area contributed by atoms with Crippen molar-refractivity contribution in [2.45, 2.75) is 31.6 Å². The minimum absolute atomic E-state index is 0.205. The quantitative estimate of drug-likeness (QED) is 0.849. The Morgan fingerprint density at radius 1 is 1.30 bits per heavy atom. The molecule has 6 heteroatoms. The predicted octanol–water partition coefficient (Wildman–Crippen LogP) is 3.55. The Hall–Kier alpha value is -2.08. The minimum Gasteiger partial charge on any atom is -0.494 e. The van der Waals surface area contributed by atoms with Crippen molar-refractivity contribution >= 4 is 17.7 Å².